The van der Waals surface area contributed by atoms with E-state index in [0.717, 1.165) is 25.7 Å². The minimum absolute atomic E-state index is 0.0957. The monoisotopic (exact) mass is 794 g/mol. The highest BCUT2D eigenvalue weighted by Crippen LogP contribution is 2.48. The molecule has 0 spiro atoms. The summed E-state index contributed by atoms with van der Waals surface area (Å²) in [5.41, 5.74) is 2.24. The normalized spacial score (nSPS) is 15.8. The van der Waals surface area contributed by atoms with Crippen LogP contribution in [0.25, 0.3) is 11.4 Å². The fraction of sp³-hybridized carbons (Fsp3) is 0.696. The first kappa shape index (κ1) is 43.2. The van der Waals surface area contributed by atoms with Gasteiger partial charge in [-0.1, -0.05) is 156 Å². The van der Waals surface area contributed by atoms with Crippen molar-refractivity contribution in [3.05, 3.63) is 57.9 Å². The highest BCUT2D eigenvalue weighted by atomic mass is 79.9. The van der Waals surface area contributed by atoms with E-state index in [0.29, 0.717) is 63.7 Å². The molecule has 2 aliphatic heterocycles. The van der Waals surface area contributed by atoms with Gasteiger partial charge in [-0.05, 0) is 77.7 Å². The quantitative estimate of drug-likeness (QED) is 0.0739. The summed E-state index contributed by atoms with van der Waals surface area (Å²) in [6.45, 7) is 10.2. The number of amides is 2. The molecule has 2 aromatic heterocycles. The van der Waals surface area contributed by atoms with Crippen LogP contribution in [0.4, 0.5) is 0 Å². The maximum absolute atomic E-state index is 14.9. The number of hydrogen-bond acceptors (Lipinski definition) is 4. The first-order chi connectivity index (χ1) is 25.9. The van der Waals surface area contributed by atoms with Crippen molar-refractivity contribution in [1.82, 2.24) is 9.80 Å². The Morgan fingerprint density at radius 3 is 1.30 bits per heavy atom. The Labute approximate surface area is 330 Å². The van der Waals surface area contributed by atoms with Crippen molar-refractivity contribution in [2.24, 2.45) is 11.8 Å². The van der Waals surface area contributed by atoms with Crippen molar-refractivity contribution < 1.29 is 18.4 Å². The third-order valence-electron chi connectivity index (χ3n) is 11.5. The average molecular weight is 796 g/mol. The fourth-order valence-corrected chi connectivity index (χ4v) is 8.73. The van der Waals surface area contributed by atoms with Gasteiger partial charge in [-0.3, -0.25) is 9.59 Å². The van der Waals surface area contributed by atoms with E-state index in [1.54, 1.807) is 6.26 Å². The minimum Gasteiger partial charge on any atom is -0.463 e. The minimum atomic E-state index is -0.0957. The molecule has 6 nitrogen and oxygen atoms in total. The van der Waals surface area contributed by atoms with Gasteiger partial charge in [-0.15, -0.1) is 0 Å². The van der Waals surface area contributed by atoms with Gasteiger partial charge < -0.3 is 18.6 Å². The molecule has 0 aromatic carbocycles. The Morgan fingerprint density at radius 2 is 0.925 bits per heavy atom. The number of carbonyl (C=O) groups is 2. The number of fused-ring (bicyclic) bond motifs is 1. The number of rotatable bonds is 30. The molecule has 0 N–H and O–H groups in total. The van der Waals surface area contributed by atoms with Crippen molar-refractivity contribution in [3.63, 3.8) is 0 Å². The van der Waals surface area contributed by atoms with Gasteiger partial charge in [0, 0.05) is 13.1 Å². The Kier molecular flexibility index (Phi) is 19.6. The number of hydrogen-bond donors (Lipinski definition) is 0. The first-order valence-corrected chi connectivity index (χ1v) is 22.7. The second kappa shape index (κ2) is 24.1. The molecule has 2 atom stereocenters. The van der Waals surface area contributed by atoms with Gasteiger partial charge in [-0.2, -0.15) is 0 Å². The van der Waals surface area contributed by atoms with Gasteiger partial charge in [0.15, 0.2) is 16.2 Å². The third kappa shape index (κ3) is 12.8. The fourth-order valence-electron chi connectivity index (χ4n) is 8.43. The van der Waals surface area contributed by atoms with Crippen LogP contribution in [-0.2, 0) is 9.59 Å². The molecule has 7 heteroatoms. The van der Waals surface area contributed by atoms with E-state index in [4.69, 9.17) is 8.83 Å². The second-order valence-electron chi connectivity index (χ2n) is 15.9. The van der Waals surface area contributed by atoms with Gasteiger partial charge in [-0.25, -0.2) is 0 Å². The SMILES string of the molecule is CCCCCCCCC(CCCCCC)CN1C(=O)C2=C(c3ccc(Br)o3)N(CC(CCCCCC)CCCCCCCC)C(=O)C2=C1c1ccco1. The molecule has 0 aliphatic carbocycles. The summed E-state index contributed by atoms with van der Waals surface area (Å²) in [6.07, 6.45) is 30.8. The molecule has 0 radical (unpaired) electrons. The van der Waals surface area contributed by atoms with Crippen LogP contribution in [0.1, 0.15) is 193 Å². The van der Waals surface area contributed by atoms with Crippen molar-refractivity contribution in [2.45, 2.75) is 182 Å². The molecular formula is C46H71BrN2O4. The molecule has 4 heterocycles. The van der Waals surface area contributed by atoms with Crippen LogP contribution in [0.3, 0.4) is 0 Å². The molecule has 0 saturated heterocycles. The molecule has 296 valence electrons. The van der Waals surface area contributed by atoms with Gasteiger partial charge in [0.25, 0.3) is 11.8 Å². The van der Waals surface area contributed by atoms with Gasteiger partial charge in [0.05, 0.1) is 17.4 Å². The number of furan rings is 2. The first-order valence-electron chi connectivity index (χ1n) is 21.9. The second-order valence-corrected chi connectivity index (χ2v) is 16.7. The van der Waals surface area contributed by atoms with Crippen molar-refractivity contribution in [3.8, 4) is 0 Å². The lowest BCUT2D eigenvalue weighted by Crippen LogP contribution is -2.34. The Balaban J connectivity index is 1.66. The van der Waals surface area contributed by atoms with Crippen molar-refractivity contribution >= 4 is 39.1 Å². The van der Waals surface area contributed by atoms with Crippen LogP contribution in [0, 0.1) is 11.8 Å². The van der Waals surface area contributed by atoms with Gasteiger partial charge in [0.2, 0.25) is 0 Å². The standard InChI is InChI=1S/C46H71BrN2O4/c1-5-9-13-17-19-23-28-36(26-21-15-11-7-3)34-48-43(38-30-25-33-52-38)41-42(46(48)51)44(39-31-32-40(47)53-39)49(45(41)50)35-37(27-22-16-12-8-4)29-24-20-18-14-10-6-2/h25,30-33,36-37H,5-24,26-29,34-35H2,1-4H3. The largest absolute Gasteiger partial charge is 0.463 e. The number of halogens is 1. The molecule has 4 rings (SSSR count). The zero-order chi connectivity index (χ0) is 37.8. The highest BCUT2D eigenvalue weighted by Gasteiger charge is 2.51. The van der Waals surface area contributed by atoms with Crippen LogP contribution >= 0.6 is 15.9 Å². The lowest BCUT2D eigenvalue weighted by atomic mass is 9.93. The lowest BCUT2D eigenvalue weighted by molar-refractivity contribution is -0.124. The predicted octanol–water partition coefficient (Wildman–Crippen LogP) is 14.1. The van der Waals surface area contributed by atoms with E-state index in [2.05, 4.69) is 43.6 Å². The third-order valence-corrected chi connectivity index (χ3v) is 11.9. The maximum atomic E-state index is 14.9. The Bertz CT molecular complexity index is 1420. The van der Waals surface area contributed by atoms with E-state index in [-0.39, 0.29) is 11.8 Å². The van der Waals surface area contributed by atoms with E-state index in [9.17, 15) is 9.59 Å². The van der Waals surface area contributed by atoms with Crippen LogP contribution in [0.2, 0.25) is 0 Å². The number of unbranched alkanes of at least 4 members (excludes halogenated alkanes) is 16. The van der Waals surface area contributed by atoms with Crippen LogP contribution in [-0.4, -0.2) is 34.7 Å². The molecular weight excluding hydrogens is 724 g/mol. The number of carbonyl (C=O) groups excluding carboxylic acids is 2. The summed E-state index contributed by atoms with van der Waals surface area (Å²) in [5.74, 6) is 1.69. The predicted molar refractivity (Wildman–Crippen MR) is 223 cm³/mol. The van der Waals surface area contributed by atoms with E-state index in [1.807, 2.05) is 34.1 Å². The Morgan fingerprint density at radius 1 is 0.528 bits per heavy atom. The molecule has 53 heavy (non-hydrogen) atoms. The molecule has 0 fully saturated rings. The summed E-state index contributed by atoms with van der Waals surface area (Å²) in [7, 11) is 0. The topological polar surface area (TPSA) is 66.9 Å². The van der Waals surface area contributed by atoms with E-state index < -0.39 is 0 Å². The van der Waals surface area contributed by atoms with Crippen LogP contribution in [0.15, 0.2) is 55.2 Å². The maximum Gasteiger partial charge on any atom is 0.261 e. The van der Waals surface area contributed by atoms with Crippen LogP contribution < -0.4 is 0 Å². The van der Waals surface area contributed by atoms with Crippen molar-refractivity contribution in [2.75, 3.05) is 13.1 Å². The molecule has 2 aliphatic rings. The molecule has 0 saturated carbocycles. The van der Waals surface area contributed by atoms with E-state index in [1.165, 1.54) is 128 Å². The molecule has 2 aromatic rings. The zero-order valence-electron chi connectivity index (χ0n) is 33.8. The smallest absolute Gasteiger partial charge is 0.261 e. The summed E-state index contributed by atoms with van der Waals surface area (Å²) < 4.78 is 12.8. The number of nitrogens with zero attached hydrogens (tertiary/aromatic N) is 2. The summed E-state index contributed by atoms with van der Waals surface area (Å²) >= 11 is 3.51. The zero-order valence-corrected chi connectivity index (χ0v) is 35.4. The Hall–Kier alpha value is -2.54. The van der Waals surface area contributed by atoms with Gasteiger partial charge >= 0.3 is 0 Å². The summed E-state index contributed by atoms with van der Waals surface area (Å²) in [4.78, 5) is 33.6. The average Bonchev–Trinajstić information content (AvgIpc) is 3.95. The molecule has 2 amide bonds. The summed E-state index contributed by atoms with van der Waals surface area (Å²) in [5, 5.41) is 0. The van der Waals surface area contributed by atoms with Gasteiger partial charge in [0.1, 0.15) is 11.4 Å². The molecule has 2 unspecified atom stereocenters. The highest BCUT2D eigenvalue weighted by molar-refractivity contribution is 9.10. The molecule has 0 bridgehead atoms. The lowest BCUT2D eigenvalue weighted by Gasteiger charge is -2.29. The summed E-state index contributed by atoms with van der Waals surface area (Å²) in [6, 6.07) is 7.53. The van der Waals surface area contributed by atoms with E-state index >= 15 is 0 Å². The van der Waals surface area contributed by atoms with Crippen LogP contribution in [0.5, 0.6) is 0 Å². The van der Waals surface area contributed by atoms with Crippen molar-refractivity contribution in [1.29, 1.82) is 0 Å².